The maximum absolute atomic E-state index is 4.99. The Morgan fingerprint density at radius 3 is 2.00 bits per heavy atom. The highest BCUT2D eigenvalue weighted by atomic mass is 16.5. The van der Waals surface area contributed by atoms with E-state index in [0.29, 0.717) is 13.2 Å². The largest absolute Gasteiger partial charge is 0.380 e. The summed E-state index contributed by atoms with van der Waals surface area (Å²) in [5.74, 6) is 0. The molecule has 0 heterocycles. The minimum Gasteiger partial charge on any atom is -0.380 e. The second kappa shape index (κ2) is 4.91. The molecule has 0 aliphatic heterocycles. The van der Waals surface area contributed by atoms with Crippen LogP contribution in [-0.4, -0.2) is 14.2 Å². The smallest absolute Gasteiger partial charge is 0.0719 e. The van der Waals surface area contributed by atoms with Crippen molar-refractivity contribution in [3.8, 4) is 0 Å². The lowest BCUT2D eigenvalue weighted by atomic mass is 10.1. The summed E-state index contributed by atoms with van der Waals surface area (Å²) in [5.41, 5.74) is 2.12. The lowest BCUT2D eigenvalue weighted by Crippen LogP contribution is -1.92. The third-order valence-corrected chi connectivity index (χ3v) is 1.52. The molecule has 0 atom stereocenters. The molecule has 65 valence electrons. The van der Waals surface area contributed by atoms with E-state index >= 15 is 0 Å². The van der Waals surface area contributed by atoms with Crippen LogP contribution in [0.3, 0.4) is 0 Å². The van der Waals surface area contributed by atoms with E-state index in [9.17, 15) is 0 Å². The van der Waals surface area contributed by atoms with Crippen LogP contribution in [0.5, 0.6) is 0 Å². The second-order valence-electron chi connectivity index (χ2n) is 2.57. The van der Waals surface area contributed by atoms with E-state index in [4.69, 9.17) is 9.47 Å². The van der Waals surface area contributed by atoms with Crippen LogP contribution in [0.2, 0.25) is 0 Å². The normalized spacial score (nSPS) is 10.2. The molecule has 1 aromatic carbocycles. The van der Waals surface area contributed by atoms with Crippen molar-refractivity contribution >= 4 is 0 Å². The van der Waals surface area contributed by atoms with Crippen LogP contribution < -0.4 is 0 Å². The van der Waals surface area contributed by atoms with E-state index in [0.717, 1.165) is 11.1 Å². The lowest BCUT2D eigenvalue weighted by molar-refractivity contribution is 0.179. The van der Waals surface area contributed by atoms with Crippen molar-refractivity contribution in [2.45, 2.75) is 13.2 Å². The maximum Gasteiger partial charge on any atom is 0.0719 e. The minimum absolute atomic E-state index is 0.609. The monoisotopic (exact) mass is 165 g/mol. The van der Waals surface area contributed by atoms with Crippen LogP contribution in [0.4, 0.5) is 0 Å². The molecule has 2 nitrogen and oxygen atoms in total. The van der Waals surface area contributed by atoms with Gasteiger partial charge in [-0.15, -0.1) is 0 Å². The number of benzene rings is 1. The summed E-state index contributed by atoms with van der Waals surface area (Å²) in [6.45, 7) is 1.22. The second-order valence-corrected chi connectivity index (χ2v) is 2.57. The average Bonchev–Trinajstić information content (AvgIpc) is 2.06. The number of ether oxygens (including phenoxy) is 2. The van der Waals surface area contributed by atoms with E-state index in [1.54, 1.807) is 14.2 Å². The lowest BCUT2D eigenvalue weighted by Gasteiger charge is -2.02. The molecule has 2 heteroatoms. The first kappa shape index (κ1) is 9.23. The molecule has 0 bridgehead atoms. The predicted octanol–water partition coefficient (Wildman–Crippen LogP) is 1.78. The summed E-state index contributed by atoms with van der Waals surface area (Å²) >= 11 is 0. The minimum atomic E-state index is 0.609. The summed E-state index contributed by atoms with van der Waals surface area (Å²) in [5, 5.41) is 0. The fourth-order valence-corrected chi connectivity index (χ4v) is 1.05. The molecule has 1 radical (unpaired) electrons. The van der Waals surface area contributed by atoms with Crippen LogP contribution >= 0.6 is 0 Å². The van der Waals surface area contributed by atoms with Crippen molar-refractivity contribution in [2.24, 2.45) is 0 Å². The SMILES string of the molecule is COCc1[c]c(COC)ccc1. The Kier molecular flexibility index (Phi) is 3.77. The highest BCUT2D eigenvalue weighted by Crippen LogP contribution is 2.05. The molecule has 0 saturated carbocycles. The van der Waals surface area contributed by atoms with Crippen LogP contribution in [0, 0.1) is 6.07 Å². The first-order chi connectivity index (χ1) is 5.86. The van der Waals surface area contributed by atoms with Gasteiger partial charge < -0.3 is 9.47 Å². The first-order valence-corrected chi connectivity index (χ1v) is 3.84. The molecular formula is C10H13O2. The quantitative estimate of drug-likeness (QED) is 0.677. The van der Waals surface area contributed by atoms with Crippen molar-refractivity contribution in [2.75, 3.05) is 14.2 Å². The van der Waals surface area contributed by atoms with Gasteiger partial charge in [0.25, 0.3) is 0 Å². The number of methoxy groups -OCH3 is 2. The first-order valence-electron chi connectivity index (χ1n) is 3.84. The number of hydrogen-bond acceptors (Lipinski definition) is 2. The zero-order valence-corrected chi connectivity index (χ0v) is 7.46. The van der Waals surface area contributed by atoms with Crippen molar-refractivity contribution in [1.29, 1.82) is 0 Å². The fraction of sp³-hybridized carbons (Fsp3) is 0.400. The molecule has 12 heavy (non-hydrogen) atoms. The van der Waals surface area contributed by atoms with E-state index in [-0.39, 0.29) is 0 Å². The van der Waals surface area contributed by atoms with Crippen LogP contribution in [0.25, 0.3) is 0 Å². The molecule has 0 spiro atoms. The van der Waals surface area contributed by atoms with Crippen molar-refractivity contribution < 1.29 is 9.47 Å². The van der Waals surface area contributed by atoms with Crippen molar-refractivity contribution in [1.82, 2.24) is 0 Å². The van der Waals surface area contributed by atoms with E-state index in [1.807, 2.05) is 18.2 Å². The van der Waals surface area contributed by atoms with Gasteiger partial charge in [0.05, 0.1) is 13.2 Å². The maximum atomic E-state index is 4.99. The third kappa shape index (κ3) is 2.64. The van der Waals surface area contributed by atoms with Gasteiger partial charge in [0.2, 0.25) is 0 Å². The van der Waals surface area contributed by atoms with Crippen LogP contribution in [-0.2, 0) is 22.7 Å². The van der Waals surface area contributed by atoms with Crippen molar-refractivity contribution in [3.05, 3.63) is 35.4 Å². The molecule has 0 amide bonds. The Morgan fingerprint density at radius 2 is 1.58 bits per heavy atom. The van der Waals surface area contributed by atoms with Gasteiger partial charge in [-0.1, -0.05) is 18.2 Å². The van der Waals surface area contributed by atoms with Gasteiger partial charge in [0.15, 0.2) is 0 Å². The molecular weight excluding hydrogens is 152 g/mol. The van der Waals surface area contributed by atoms with E-state index in [1.165, 1.54) is 0 Å². The van der Waals surface area contributed by atoms with E-state index in [2.05, 4.69) is 6.07 Å². The Balaban J connectivity index is 2.67. The highest BCUT2D eigenvalue weighted by Gasteiger charge is 1.95. The molecule has 0 unspecified atom stereocenters. The summed E-state index contributed by atoms with van der Waals surface area (Å²) in [7, 11) is 3.35. The number of hydrogen-bond donors (Lipinski definition) is 0. The molecule has 1 aromatic rings. The molecule has 0 aromatic heterocycles. The van der Waals surface area contributed by atoms with Crippen LogP contribution in [0.1, 0.15) is 11.1 Å². The Labute approximate surface area is 73.1 Å². The van der Waals surface area contributed by atoms with Crippen LogP contribution in [0.15, 0.2) is 18.2 Å². The average molecular weight is 165 g/mol. The summed E-state index contributed by atoms with van der Waals surface area (Å²) < 4.78 is 9.98. The molecule has 0 saturated heterocycles. The van der Waals surface area contributed by atoms with Gasteiger partial charge in [-0.2, -0.15) is 0 Å². The van der Waals surface area contributed by atoms with Gasteiger partial charge in [0.1, 0.15) is 0 Å². The molecule has 0 N–H and O–H groups in total. The van der Waals surface area contributed by atoms with Gasteiger partial charge in [-0.25, -0.2) is 0 Å². The van der Waals surface area contributed by atoms with E-state index < -0.39 is 0 Å². The molecule has 0 aliphatic carbocycles. The third-order valence-electron chi connectivity index (χ3n) is 1.52. The fourth-order valence-electron chi connectivity index (χ4n) is 1.05. The van der Waals surface area contributed by atoms with Crippen molar-refractivity contribution in [3.63, 3.8) is 0 Å². The Morgan fingerprint density at radius 1 is 1.08 bits per heavy atom. The van der Waals surface area contributed by atoms with Gasteiger partial charge in [0, 0.05) is 14.2 Å². The van der Waals surface area contributed by atoms with Gasteiger partial charge in [-0.3, -0.25) is 0 Å². The topological polar surface area (TPSA) is 18.5 Å². The Bertz CT molecular complexity index is 212. The molecule has 0 fully saturated rings. The standard InChI is InChI=1S/C10H13O2/c1-11-7-9-4-3-5-10(6-9)8-12-2/h3-5H,7-8H2,1-2H3. The van der Waals surface area contributed by atoms with Gasteiger partial charge >= 0.3 is 0 Å². The molecule has 1 rings (SSSR count). The zero-order valence-electron chi connectivity index (χ0n) is 7.46. The predicted molar refractivity (Wildman–Crippen MR) is 46.7 cm³/mol. The Hall–Kier alpha value is -0.860. The van der Waals surface area contributed by atoms with Gasteiger partial charge in [-0.05, 0) is 17.2 Å². The highest BCUT2D eigenvalue weighted by molar-refractivity contribution is 5.20. The number of rotatable bonds is 4. The molecule has 0 aliphatic rings. The summed E-state index contributed by atoms with van der Waals surface area (Å²) in [4.78, 5) is 0. The zero-order chi connectivity index (χ0) is 8.81. The summed E-state index contributed by atoms with van der Waals surface area (Å²) in [6, 6.07) is 9.16. The summed E-state index contributed by atoms with van der Waals surface area (Å²) in [6.07, 6.45) is 0.